The van der Waals surface area contributed by atoms with E-state index in [0.717, 1.165) is 40.7 Å². The number of quaternary nitrogens is 2. The monoisotopic (exact) mass is 438 g/mol. The predicted molar refractivity (Wildman–Crippen MR) is 123 cm³/mol. The molecule has 0 saturated carbocycles. The van der Waals surface area contributed by atoms with Gasteiger partial charge in [0.15, 0.2) is 11.5 Å². The number of ether oxygens (including phenoxy) is 1. The fraction of sp³-hybridized carbons (Fsp3) is 0.652. The van der Waals surface area contributed by atoms with Gasteiger partial charge in [-0.3, -0.25) is 9.59 Å². The van der Waals surface area contributed by atoms with Gasteiger partial charge in [0.1, 0.15) is 5.92 Å². The van der Waals surface area contributed by atoms with Crippen LogP contribution in [-0.2, 0) is 16.0 Å². The Labute approximate surface area is 187 Å². The molecule has 1 aromatic carbocycles. The Morgan fingerprint density at radius 2 is 1.45 bits per heavy atom. The number of amides is 2. The molecule has 0 aliphatic carbocycles. The van der Waals surface area contributed by atoms with Gasteiger partial charge in [0.05, 0.1) is 74.6 Å². The van der Waals surface area contributed by atoms with Gasteiger partial charge in [0.2, 0.25) is 11.8 Å². The van der Waals surface area contributed by atoms with Gasteiger partial charge in [0, 0.05) is 0 Å². The minimum atomic E-state index is -0.858. The molecule has 0 fully saturated rings. The lowest BCUT2D eigenvalue weighted by atomic mass is 9.97. The summed E-state index contributed by atoms with van der Waals surface area (Å²) in [6.07, 6.45) is 0.229. The Balaban J connectivity index is 2.90. The molecule has 0 atom stereocenters. The van der Waals surface area contributed by atoms with E-state index in [2.05, 4.69) is 52.7 Å². The number of hydrogen-bond donors (Lipinski definition) is 3. The first-order chi connectivity index (χ1) is 14.4. The van der Waals surface area contributed by atoms with Crippen molar-refractivity contribution < 1.29 is 28.4 Å². The van der Waals surface area contributed by atoms with Crippen LogP contribution in [0.4, 0.5) is 0 Å². The summed E-state index contributed by atoms with van der Waals surface area (Å²) in [4.78, 5) is 25.9. The minimum Gasteiger partial charge on any atom is -0.504 e. The fourth-order valence-electron chi connectivity index (χ4n) is 2.92. The summed E-state index contributed by atoms with van der Waals surface area (Å²) >= 11 is 0. The first-order valence-electron chi connectivity index (χ1n) is 11.0. The van der Waals surface area contributed by atoms with Crippen molar-refractivity contribution in [3.63, 3.8) is 0 Å². The van der Waals surface area contributed by atoms with Gasteiger partial charge in [-0.25, -0.2) is 0 Å². The van der Waals surface area contributed by atoms with Gasteiger partial charge in [-0.2, -0.15) is 0 Å². The normalized spacial score (nSPS) is 12.0. The first-order valence-corrected chi connectivity index (χ1v) is 11.0. The molecule has 0 saturated heterocycles. The fourth-order valence-corrected chi connectivity index (χ4v) is 2.92. The Hall–Kier alpha value is -2.32. The maximum atomic E-state index is 12.9. The van der Waals surface area contributed by atoms with E-state index in [1.807, 2.05) is 0 Å². The summed E-state index contributed by atoms with van der Waals surface area (Å²) < 4.78 is 6.74. The second-order valence-electron chi connectivity index (χ2n) is 9.30. The maximum absolute atomic E-state index is 12.9. The highest BCUT2D eigenvalue weighted by Gasteiger charge is 2.28. The molecule has 3 N–H and O–H groups in total. The highest BCUT2D eigenvalue weighted by Crippen LogP contribution is 2.27. The molecule has 8 nitrogen and oxygen atoms in total. The van der Waals surface area contributed by atoms with Crippen LogP contribution in [0, 0.1) is 5.92 Å². The van der Waals surface area contributed by atoms with Crippen LogP contribution in [0.3, 0.4) is 0 Å². The molecule has 0 heterocycles. The second-order valence-corrected chi connectivity index (χ2v) is 9.30. The Morgan fingerprint density at radius 1 is 0.968 bits per heavy atom. The molecule has 0 unspecified atom stereocenters. The van der Waals surface area contributed by atoms with Crippen LogP contribution in [0.5, 0.6) is 11.5 Å². The number of phenolic OH excluding ortho intramolecular Hbond substituents is 1. The lowest BCUT2D eigenvalue weighted by molar-refractivity contribution is -0.887. The van der Waals surface area contributed by atoms with Crippen molar-refractivity contribution in [1.29, 1.82) is 0 Å². The van der Waals surface area contributed by atoms with Crippen molar-refractivity contribution in [3.8, 4) is 11.5 Å². The molecule has 31 heavy (non-hydrogen) atoms. The van der Waals surface area contributed by atoms with Crippen LogP contribution in [0.15, 0.2) is 18.2 Å². The van der Waals surface area contributed by atoms with Crippen LogP contribution >= 0.6 is 0 Å². The largest absolute Gasteiger partial charge is 0.504 e. The van der Waals surface area contributed by atoms with Gasteiger partial charge < -0.3 is 29.4 Å². The SMILES string of the molecule is CC[N+](C)(C)CCNC(=O)C(Cc1ccc(O)c(OC)c1)C(=O)NCC[N+](C)(C)CC. The Kier molecular flexibility index (Phi) is 10.3. The third-order valence-corrected chi connectivity index (χ3v) is 6.06. The predicted octanol–water partition coefficient (Wildman–Crippen LogP) is 0.985. The Morgan fingerprint density at radius 3 is 1.87 bits per heavy atom. The molecule has 0 radical (unpaired) electrons. The summed E-state index contributed by atoms with van der Waals surface area (Å²) in [6, 6.07) is 4.89. The Bertz CT molecular complexity index is 700. The number of rotatable bonds is 13. The van der Waals surface area contributed by atoms with Crippen LogP contribution in [0.25, 0.3) is 0 Å². The molecule has 2 amide bonds. The molecule has 0 aliphatic heterocycles. The summed E-state index contributed by atoms with van der Waals surface area (Å²) in [5, 5.41) is 15.7. The van der Waals surface area contributed by atoms with E-state index in [-0.39, 0.29) is 24.0 Å². The van der Waals surface area contributed by atoms with Crippen molar-refractivity contribution in [2.45, 2.75) is 20.3 Å². The molecule has 0 bridgehead atoms. The average Bonchev–Trinajstić information content (AvgIpc) is 2.72. The molecule has 0 aromatic heterocycles. The number of hydrogen-bond acceptors (Lipinski definition) is 4. The van der Waals surface area contributed by atoms with Gasteiger partial charge in [-0.1, -0.05) is 6.07 Å². The van der Waals surface area contributed by atoms with Gasteiger partial charge in [-0.15, -0.1) is 0 Å². The zero-order valence-corrected chi connectivity index (χ0v) is 20.3. The van der Waals surface area contributed by atoms with Gasteiger partial charge >= 0.3 is 0 Å². The van der Waals surface area contributed by atoms with Crippen molar-refractivity contribution in [2.75, 3.05) is 74.6 Å². The van der Waals surface area contributed by atoms with Crippen molar-refractivity contribution in [1.82, 2.24) is 10.6 Å². The van der Waals surface area contributed by atoms with Crippen LogP contribution in [-0.4, -0.2) is 100 Å². The highest BCUT2D eigenvalue weighted by molar-refractivity contribution is 6.00. The van der Waals surface area contributed by atoms with E-state index in [1.165, 1.54) is 13.2 Å². The summed E-state index contributed by atoms with van der Waals surface area (Å²) in [5.74, 6) is -1.09. The number of benzene rings is 1. The number of carbonyl (C=O) groups is 2. The molecule has 0 spiro atoms. The van der Waals surface area contributed by atoms with Crippen molar-refractivity contribution in [2.24, 2.45) is 5.92 Å². The molecular formula is C23H42N4O4+2. The number of carbonyl (C=O) groups excluding carboxylic acids is 2. The average molecular weight is 439 g/mol. The third kappa shape index (κ3) is 9.14. The molecular weight excluding hydrogens is 396 g/mol. The minimum absolute atomic E-state index is 0.0239. The zero-order chi connectivity index (χ0) is 23.7. The van der Waals surface area contributed by atoms with Crippen LogP contribution in [0.1, 0.15) is 19.4 Å². The van der Waals surface area contributed by atoms with Crippen molar-refractivity contribution >= 4 is 11.8 Å². The topological polar surface area (TPSA) is 87.7 Å². The standard InChI is InChI=1S/C23H40N4O4/c1-8-26(3,4)14-12-24-22(29)19(23(30)25-13-15-27(5,6)9-2)16-18-10-11-20(28)21(17-18)31-7/h10-11,17,19H,8-9,12-16H2,1-7H3,(H-2,24,25,28,29,30)/p+2. The van der Waals surface area contributed by atoms with Crippen molar-refractivity contribution in [3.05, 3.63) is 23.8 Å². The maximum Gasteiger partial charge on any atom is 0.233 e. The third-order valence-electron chi connectivity index (χ3n) is 6.06. The number of phenols is 1. The van der Waals surface area contributed by atoms with E-state index in [1.54, 1.807) is 12.1 Å². The van der Waals surface area contributed by atoms with Gasteiger partial charge in [-0.05, 0) is 38.0 Å². The lowest BCUT2D eigenvalue weighted by Crippen LogP contribution is -2.50. The van der Waals surface area contributed by atoms with E-state index in [0.29, 0.717) is 18.8 Å². The second kappa shape index (κ2) is 11.9. The number of aromatic hydroxyl groups is 1. The molecule has 176 valence electrons. The van der Waals surface area contributed by atoms with E-state index in [9.17, 15) is 14.7 Å². The number of methoxy groups -OCH3 is 1. The first kappa shape index (κ1) is 26.7. The summed E-state index contributed by atoms with van der Waals surface area (Å²) in [6.45, 7) is 8.69. The number of nitrogens with one attached hydrogen (secondary N) is 2. The van der Waals surface area contributed by atoms with E-state index < -0.39 is 5.92 Å². The van der Waals surface area contributed by atoms with Crippen LogP contribution < -0.4 is 15.4 Å². The molecule has 8 heteroatoms. The van der Waals surface area contributed by atoms with Crippen LogP contribution in [0.2, 0.25) is 0 Å². The lowest BCUT2D eigenvalue weighted by Gasteiger charge is -2.29. The molecule has 0 aliphatic rings. The molecule has 1 rings (SSSR count). The van der Waals surface area contributed by atoms with E-state index in [4.69, 9.17) is 4.74 Å². The number of nitrogens with zero attached hydrogens (tertiary/aromatic N) is 2. The summed E-state index contributed by atoms with van der Waals surface area (Å²) in [5.41, 5.74) is 0.749. The number of likely N-dealkylation sites (N-methyl/N-ethyl adjacent to an activating group) is 2. The van der Waals surface area contributed by atoms with E-state index >= 15 is 0 Å². The van der Waals surface area contributed by atoms with Gasteiger partial charge in [0.25, 0.3) is 0 Å². The molecule has 1 aromatic rings. The quantitative estimate of drug-likeness (QED) is 0.317. The zero-order valence-electron chi connectivity index (χ0n) is 20.3. The highest BCUT2D eigenvalue weighted by atomic mass is 16.5. The smallest absolute Gasteiger partial charge is 0.233 e. The summed E-state index contributed by atoms with van der Waals surface area (Å²) in [7, 11) is 9.89.